The highest BCUT2D eigenvalue weighted by Gasteiger charge is 2.38. The maximum Gasteiger partial charge on any atom is 0.410 e. The molecule has 5 rings (SSSR count). The summed E-state index contributed by atoms with van der Waals surface area (Å²) in [6.45, 7) is 10.9. The molecule has 0 aromatic heterocycles. The number of ether oxygens (including phenoxy) is 1. The number of nitrogens with zero attached hydrogens (tertiary/aromatic N) is 5. The van der Waals surface area contributed by atoms with Crippen molar-refractivity contribution in [1.29, 1.82) is 5.26 Å². The molecule has 9 nitrogen and oxygen atoms in total. The molecular weight excluding hydrogens is 564 g/mol. The molecule has 0 atom stereocenters. The van der Waals surface area contributed by atoms with Gasteiger partial charge in [-0.3, -0.25) is 9.69 Å². The van der Waals surface area contributed by atoms with Gasteiger partial charge in [0.1, 0.15) is 11.7 Å². The number of piperazine rings is 1. The molecule has 0 bridgehead atoms. The Bertz CT molecular complexity index is 1330. The third-order valence-electron chi connectivity index (χ3n) is 8.90. The lowest BCUT2D eigenvalue weighted by atomic mass is 9.90. The largest absolute Gasteiger partial charge is 0.444 e. The van der Waals surface area contributed by atoms with Crippen LogP contribution in [0.1, 0.15) is 62.4 Å². The Balaban J connectivity index is 1.04. The second kappa shape index (κ2) is 13.0. The van der Waals surface area contributed by atoms with Crippen molar-refractivity contribution in [3.63, 3.8) is 0 Å². The van der Waals surface area contributed by atoms with Gasteiger partial charge in [0.25, 0.3) is 5.91 Å². The second-order valence-electron chi connectivity index (χ2n) is 13.0. The summed E-state index contributed by atoms with van der Waals surface area (Å²) in [4.78, 5) is 34.1. The molecular formula is C33H43ClN6O3. The number of benzene rings is 2. The maximum atomic E-state index is 13.0. The number of nitrogens with one attached hydrogen (secondary N) is 1. The highest BCUT2D eigenvalue weighted by Crippen LogP contribution is 2.30. The number of halogens is 1. The van der Waals surface area contributed by atoms with Gasteiger partial charge in [0.2, 0.25) is 0 Å². The lowest BCUT2D eigenvalue weighted by Gasteiger charge is -2.48. The van der Waals surface area contributed by atoms with Crippen LogP contribution in [0.3, 0.4) is 0 Å². The zero-order valence-electron chi connectivity index (χ0n) is 25.7. The zero-order valence-corrected chi connectivity index (χ0v) is 26.4. The van der Waals surface area contributed by atoms with Gasteiger partial charge in [0.05, 0.1) is 10.6 Å². The number of anilines is 2. The van der Waals surface area contributed by atoms with E-state index in [1.807, 2.05) is 57.2 Å². The van der Waals surface area contributed by atoms with Crippen LogP contribution in [-0.4, -0.2) is 91.8 Å². The van der Waals surface area contributed by atoms with Gasteiger partial charge in [-0.1, -0.05) is 11.6 Å². The minimum atomic E-state index is -0.467. The van der Waals surface area contributed by atoms with Crippen LogP contribution >= 0.6 is 11.6 Å². The zero-order chi connectivity index (χ0) is 30.7. The SMILES string of the molecule is CN(c1ccc(C#N)c(Cl)c1)C1CCC(NC(=O)c2ccc(N3CCN(C4CN(C(=O)OC(C)(C)C)C4)CC3)cc2)CC1. The first kappa shape index (κ1) is 31.0. The van der Waals surface area contributed by atoms with E-state index < -0.39 is 5.60 Å². The number of amides is 2. The Kier molecular flexibility index (Phi) is 9.38. The van der Waals surface area contributed by atoms with Gasteiger partial charge >= 0.3 is 6.09 Å². The fraction of sp³-hybridized carbons (Fsp3) is 0.545. The minimum absolute atomic E-state index is 0.0217. The van der Waals surface area contributed by atoms with Crippen molar-refractivity contribution in [2.24, 2.45) is 0 Å². The third kappa shape index (κ3) is 7.54. The van der Waals surface area contributed by atoms with E-state index in [4.69, 9.17) is 21.6 Å². The van der Waals surface area contributed by atoms with Crippen LogP contribution < -0.4 is 15.1 Å². The quantitative estimate of drug-likeness (QED) is 0.487. The van der Waals surface area contributed by atoms with E-state index in [0.717, 1.165) is 76.3 Å². The summed E-state index contributed by atoms with van der Waals surface area (Å²) in [7, 11) is 2.07. The molecule has 43 heavy (non-hydrogen) atoms. The summed E-state index contributed by atoms with van der Waals surface area (Å²) >= 11 is 6.24. The average molecular weight is 607 g/mol. The molecule has 1 saturated carbocycles. The summed E-state index contributed by atoms with van der Waals surface area (Å²) < 4.78 is 5.48. The van der Waals surface area contributed by atoms with Crippen LogP contribution in [0.25, 0.3) is 0 Å². The van der Waals surface area contributed by atoms with E-state index in [2.05, 4.69) is 33.1 Å². The number of hydrogen-bond acceptors (Lipinski definition) is 7. The van der Waals surface area contributed by atoms with Crippen LogP contribution in [0.2, 0.25) is 5.02 Å². The molecule has 2 saturated heterocycles. The third-order valence-corrected chi connectivity index (χ3v) is 9.21. The van der Waals surface area contributed by atoms with Crippen molar-refractivity contribution >= 4 is 35.0 Å². The molecule has 2 heterocycles. The maximum absolute atomic E-state index is 13.0. The Labute approximate surface area is 260 Å². The number of carbonyl (C=O) groups excluding carboxylic acids is 2. The van der Waals surface area contributed by atoms with Gasteiger partial charge in [0, 0.05) is 81.4 Å². The molecule has 3 aliphatic rings. The normalized spacial score (nSPS) is 21.5. The molecule has 0 spiro atoms. The standard InChI is InChI=1S/C33H43ClN6O3/c1-33(2,3)43-32(42)40-21-29(22-40)39-17-15-38(16-18-39)27-10-5-23(6-11-27)31(41)36-25-8-13-26(14-9-25)37(4)28-12-7-24(20-35)30(34)19-28/h5-7,10-12,19,25-26,29H,8-9,13-18,21-22H2,1-4H3,(H,36,41). The molecule has 230 valence electrons. The van der Waals surface area contributed by atoms with Crippen molar-refractivity contribution in [3.05, 3.63) is 58.6 Å². The van der Waals surface area contributed by atoms with Crippen LogP contribution in [-0.2, 0) is 4.74 Å². The number of likely N-dealkylation sites (tertiary alicyclic amines) is 1. The van der Waals surface area contributed by atoms with Crippen molar-refractivity contribution in [2.45, 2.75) is 70.2 Å². The highest BCUT2D eigenvalue weighted by molar-refractivity contribution is 6.32. The van der Waals surface area contributed by atoms with Gasteiger partial charge in [-0.2, -0.15) is 5.26 Å². The van der Waals surface area contributed by atoms with Gasteiger partial charge in [0.15, 0.2) is 0 Å². The van der Waals surface area contributed by atoms with Crippen LogP contribution in [0.15, 0.2) is 42.5 Å². The summed E-state index contributed by atoms with van der Waals surface area (Å²) in [5, 5.41) is 12.8. The Morgan fingerprint density at radius 3 is 2.23 bits per heavy atom. The Morgan fingerprint density at radius 1 is 1.00 bits per heavy atom. The Morgan fingerprint density at radius 2 is 1.65 bits per heavy atom. The minimum Gasteiger partial charge on any atom is -0.444 e. The predicted molar refractivity (Wildman–Crippen MR) is 170 cm³/mol. The second-order valence-corrected chi connectivity index (χ2v) is 13.4. The van der Waals surface area contributed by atoms with Crippen molar-refractivity contribution in [3.8, 4) is 6.07 Å². The summed E-state index contributed by atoms with van der Waals surface area (Å²) in [5.41, 5.74) is 2.84. The predicted octanol–water partition coefficient (Wildman–Crippen LogP) is 5.13. The lowest BCUT2D eigenvalue weighted by Crippen LogP contribution is -2.64. The summed E-state index contributed by atoms with van der Waals surface area (Å²) in [6, 6.07) is 16.5. The first-order chi connectivity index (χ1) is 20.5. The highest BCUT2D eigenvalue weighted by atomic mass is 35.5. The number of rotatable bonds is 6. The molecule has 0 unspecified atom stereocenters. The molecule has 2 aromatic carbocycles. The van der Waals surface area contributed by atoms with Gasteiger partial charge in [-0.25, -0.2) is 4.79 Å². The van der Waals surface area contributed by atoms with E-state index in [1.54, 1.807) is 11.0 Å². The molecule has 10 heteroatoms. The summed E-state index contributed by atoms with van der Waals surface area (Å²) in [5.74, 6) is -0.0217. The molecule has 1 aliphatic carbocycles. The molecule has 1 N–H and O–H groups in total. The van der Waals surface area contributed by atoms with E-state index in [9.17, 15) is 9.59 Å². The first-order valence-electron chi connectivity index (χ1n) is 15.3. The van der Waals surface area contributed by atoms with Crippen molar-refractivity contribution in [2.75, 3.05) is 56.1 Å². The van der Waals surface area contributed by atoms with Crippen LogP contribution in [0.4, 0.5) is 16.2 Å². The fourth-order valence-electron chi connectivity index (χ4n) is 6.23. The molecule has 3 fully saturated rings. The monoisotopic (exact) mass is 606 g/mol. The number of carbonyl (C=O) groups is 2. The molecule has 2 aliphatic heterocycles. The van der Waals surface area contributed by atoms with Gasteiger partial charge in [-0.05, 0) is 88.9 Å². The molecule has 2 amide bonds. The van der Waals surface area contributed by atoms with E-state index in [1.165, 1.54) is 0 Å². The molecule has 0 radical (unpaired) electrons. The summed E-state index contributed by atoms with van der Waals surface area (Å²) in [6.07, 6.45) is 3.57. The fourth-order valence-corrected chi connectivity index (χ4v) is 6.45. The van der Waals surface area contributed by atoms with Crippen molar-refractivity contribution < 1.29 is 14.3 Å². The Hall–Kier alpha value is -3.48. The number of nitriles is 1. The van der Waals surface area contributed by atoms with E-state index in [0.29, 0.717) is 28.2 Å². The van der Waals surface area contributed by atoms with Crippen molar-refractivity contribution in [1.82, 2.24) is 15.1 Å². The molecule has 2 aromatic rings. The van der Waals surface area contributed by atoms with Gasteiger partial charge < -0.3 is 24.8 Å². The topological polar surface area (TPSA) is 92.2 Å². The van der Waals surface area contributed by atoms with Gasteiger partial charge in [-0.15, -0.1) is 0 Å². The van der Waals surface area contributed by atoms with E-state index in [-0.39, 0.29) is 18.0 Å². The lowest BCUT2D eigenvalue weighted by molar-refractivity contribution is -0.0162. The average Bonchev–Trinajstić information content (AvgIpc) is 2.96. The van der Waals surface area contributed by atoms with Crippen LogP contribution in [0, 0.1) is 11.3 Å². The smallest absolute Gasteiger partial charge is 0.410 e. The first-order valence-corrected chi connectivity index (χ1v) is 15.7. The number of hydrogen-bond donors (Lipinski definition) is 1. The van der Waals surface area contributed by atoms with E-state index >= 15 is 0 Å². The van der Waals surface area contributed by atoms with Crippen LogP contribution in [0.5, 0.6) is 0 Å².